The van der Waals surface area contributed by atoms with Crippen LogP contribution in [0.1, 0.15) is 5.69 Å². The lowest BCUT2D eigenvalue weighted by Gasteiger charge is -2.13. The second-order valence-electron chi connectivity index (χ2n) is 7.76. The summed E-state index contributed by atoms with van der Waals surface area (Å²) in [5, 5.41) is 8.66. The highest BCUT2D eigenvalue weighted by molar-refractivity contribution is 7.92. The van der Waals surface area contributed by atoms with Crippen molar-refractivity contribution in [2.24, 2.45) is 0 Å². The van der Waals surface area contributed by atoms with Crippen LogP contribution in [0.4, 0.5) is 14.5 Å². The van der Waals surface area contributed by atoms with E-state index < -0.39 is 26.6 Å². The van der Waals surface area contributed by atoms with Crippen molar-refractivity contribution in [3.8, 4) is 22.3 Å². The van der Waals surface area contributed by atoms with Crippen molar-refractivity contribution in [1.82, 2.24) is 20.2 Å². The first-order valence-corrected chi connectivity index (χ1v) is 11.9. The van der Waals surface area contributed by atoms with E-state index in [0.29, 0.717) is 17.3 Å². The number of benzene rings is 2. The summed E-state index contributed by atoms with van der Waals surface area (Å²) in [6, 6.07) is 13.3. The third-order valence-corrected chi connectivity index (χ3v) is 6.88. The maximum atomic E-state index is 14.1. The highest BCUT2D eigenvalue weighted by Crippen LogP contribution is 2.31. The van der Waals surface area contributed by atoms with Gasteiger partial charge in [0.1, 0.15) is 16.5 Å². The van der Waals surface area contributed by atoms with E-state index >= 15 is 0 Å². The number of nitrogens with zero attached hydrogens (tertiary/aromatic N) is 4. The molecule has 0 aliphatic heterocycles. The van der Waals surface area contributed by atoms with E-state index in [2.05, 4.69) is 24.9 Å². The Morgan fingerprint density at radius 3 is 2.43 bits per heavy atom. The van der Waals surface area contributed by atoms with Gasteiger partial charge in [0.2, 0.25) is 0 Å². The molecule has 0 unspecified atom stereocenters. The zero-order valence-electron chi connectivity index (χ0n) is 18.3. The summed E-state index contributed by atoms with van der Waals surface area (Å²) in [5.41, 5.74) is 4.55. The number of pyridine rings is 2. The molecule has 0 fully saturated rings. The van der Waals surface area contributed by atoms with Crippen LogP contribution in [0.15, 0.2) is 84.3 Å². The molecule has 0 bridgehead atoms. The highest BCUT2D eigenvalue weighted by Gasteiger charge is 2.21. The van der Waals surface area contributed by atoms with Crippen molar-refractivity contribution in [2.75, 3.05) is 4.72 Å². The van der Waals surface area contributed by atoms with Gasteiger partial charge in [0.15, 0.2) is 0 Å². The smallest absolute Gasteiger partial charge is 0.264 e. The van der Waals surface area contributed by atoms with Gasteiger partial charge in [-0.15, -0.1) is 0 Å². The summed E-state index contributed by atoms with van der Waals surface area (Å²) < 4.78 is 55.2. The van der Waals surface area contributed by atoms with Crippen LogP contribution in [-0.4, -0.2) is 28.6 Å². The number of rotatable bonds is 5. The van der Waals surface area contributed by atoms with Crippen LogP contribution in [-0.2, 0) is 10.0 Å². The summed E-state index contributed by atoms with van der Waals surface area (Å²) in [7, 11) is -4.31. The van der Waals surface area contributed by atoms with E-state index in [1.807, 2.05) is 30.3 Å². The minimum atomic E-state index is -4.31. The summed E-state index contributed by atoms with van der Waals surface area (Å²) in [4.78, 5) is 8.11. The molecule has 0 amide bonds. The van der Waals surface area contributed by atoms with Gasteiger partial charge in [0, 0.05) is 35.0 Å². The molecule has 3 aromatic heterocycles. The minimum Gasteiger partial charge on any atom is -0.278 e. The standard InChI is InChI=1S/C25H17F2N5O2S/c1-15-23(32-35(33,34)25-5-3-19(26)12-22(25)27)11-18(13-29-15)16-2-4-21-20(7-8-28-24(21)10-16)17-6-9-30-31-14-17/h2-14,32H,1H3. The number of nitrogens with one attached hydrogen (secondary N) is 1. The molecule has 10 heteroatoms. The summed E-state index contributed by atoms with van der Waals surface area (Å²) in [6.07, 6.45) is 6.61. The quantitative estimate of drug-likeness (QED) is 0.367. The second-order valence-corrected chi connectivity index (χ2v) is 9.41. The Balaban J connectivity index is 1.52. The Kier molecular flexibility index (Phi) is 5.65. The molecular formula is C25H17F2N5O2S. The molecule has 0 atom stereocenters. The molecule has 0 saturated carbocycles. The lowest BCUT2D eigenvalue weighted by Crippen LogP contribution is -2.16. The molecular weight excluding hydrogens is 472 g/mol. The van der Waals surface area contributed by atoms with E-state index in [9.17, 15) is 17.2 Å². The van der Waals surface area contributed by atoms with E-state index in [1.54, 1.807) is 37.8 Å². The largest absolute Gasteiger partial charge is 0.278 e. The predicted octanol–water partition coefficient (Wildman–Crippen LogP) is 5.14. The van der Waals surface area contributed by atoms with Crippen molar-refractivity contribution in [3.05, 3.63) is 96.7 Å². The molecule has 0 aliphatic carbocycles. The Bertz CT molecular complexity index is 1680. The first kappa shape index (κ1) is 22.5. The van der Waals surface area contributed by atoms with Gasteiger partial charge in [-0.1, -0.05) is 12.1 Å². The van der Waals surface area contributed by atoms with Gasteiger partial charge in [-0.05, 0) is 54.4 Å². The molecule has 0 radical (unpaired) electrons. The Hall–Kier alpha value is -4.31. The number of aromatic nitrogens is 4. The van der Waals surface area contributed by atoms with Crippen molar-refractivity contribution in [3.63, 3.8) is 0 Å². The van der Waals surface area contributed by atoms with Crippen molar-refractivity contribution in [1.29, 1.82) is 0 Å². The number of halogens is 2. The first-order valence-electron chi connectivity index (χ1n) is 10.4. The Morgan fingerprint density at radius 1 is 0.800 bits per heavy atom. The molecule has 0 aliphatic rings. The molecule has 0 saturated heterocycles. The normalized spacial score (nSPS) is 11.5. The third-order valence-electron chi connectivity index (χ3n) is 5.49. The van der Waals surface area contributed by atoms with Crippen LogP contribution in [0.25, 0.3) is 33.2 Å². The van der Waals surface area contributed by atoms with Gasteiger partial charge >= 0.3 is 0 Å². The molecule has 174 valence electrons. The van der Waals surface area contributed by atoms with Crippen molar-refractivity contribution >= 4 is 26.6 Å². The number of anilines is 1. The topological polar surface area (TPSA) is 97.7 Å². The maximum Gasteiger partial charge on any atom is 0.264 e. The predicted molar refractivity (Wildman–Crippen MR) is 128 cm³/mol. The van der Waals surface area contributed by atoms with Crippen LogP contribution in [0.3, 0.4) is 0 Å². The van der Waals surface area contributed by atoms with E-state index in [-0.39, 0.29) is 5.69 Å². The monoisotopic (exact) mass is 489 g/mol. The minimum absolute atomic E-state index is 0.177. The molecule has 7 nitrogen and oxygen atoms in total. The van der Waals surface area contributed by atoms with Gasteiger partial charge < -0.3 is 0 Å². The number of fused-ring (bicyclic) bond motifs is 1. The molecule has 35 heavy (non-hydrogen) atoms. The van der Waals surface area contributed by atoms with Crippen LogP contribution in [0.2, 0.25) is 0 Å². The number of sulfonamides is 1. The second kappa shape index (κ2) is 8.80. The van der Waals surface area contributed by atoms with Crippen LogP contribution in [0, 0.1) is 18.6 Å². The first-order chi connectivity index (χ1) is 16.8. The SMILES string of the molecule is Cc1ncc(-c2ccc3c(-c4ccnnc4)ccnc3c2)cc1NS(=O)(=O)c1ccc(F)cc1F. The fourth-order valence-corrected chi connectivity index (χ4v) is 4.89. The summed E-state index contributed by atoms with van der Waals surface area (Å²) >= 11 is 0. The Morgan fingerprint density at radius 2 is 1.66 bits per heavy atom. The zero-order chi connectivity index (χ0) is 24.6. The van der Waals surface area contributed by atoms with Crippen molar-refractivity contribution < 1.29 is 17.2 Å². The van der Waals surface area contributed by atoms with Crippen molar-refractivity contribution in [2.45, 2.75) is 11.8 Å². The molecule has 1 N–H and O–H groups in total. The van der Waals surface area contributed by atoms with Gasteiger partial charge in [0.05, 0.1) is 29.3 Å². The van der Waals surface area contributed by atoms with Gasteiger partial charge in [0.25, 0.3) is 10.0 Å². The maximum absolute atomic E-state index is 14.1. The average molecular weight is 490 g/mol. The molecule has 5 rings (SSSR count). The van der Waals surface area contributed by atoms with Crippen LogP contribution < -0.4 is 4.72 Å². The lowest BCUT2D eigenvalue weighted by atomic mass is 9.99. The van der Waals surface area contributed by atoms with Gasteiger partial charge in [-0.25, -0.2) is 17.2 Å². The number of hydrogen-bond acceptors (Lipinski definition) is 6. The van der Waals surface area contributed by atoms with E-state index in [4.69, 9.17) is 0 Å². The Labute approximate surface area is 199 Å². The zero-order valence-corrected chi connectivity index (χ0v) is 19.1. The molecule has 0 spiro atoms. The highest BCUT2D eigenvalue weighted by atomic mass is 32.2. The average Bonchev–Trinajstić information content (AvgIpc) is 2.85. The number of hydrogen-bond donors (Lipinski definition) is 1. The fraction of sp³-hybridized carbons (Fsp3) is 0.0400. The van der Waals surface area contributed by atoms with Crippen LogP contribution >= 0.6 is 0 Å². The summed E-state index contributed by atoms with van der Waals surface area (Å²) in [5.74, 6) is -2.05. The fourth-order valence-electron chi connectivity index (χ4n) is 3.72. The van der Waals surface area contributed by atoms with Gasteiger partial charge in [-0.3, -0.25) is 14.7 Å². The number of aryl methyl sites for hydroxylation is 1. The van der Waals surface area contributed by atoms with Crippen LogP contribution in [0.5, 0.6) is 0 Å². The van der Waals surface area contributed by atoms with E-state index in [0.717, 1.165) is 39.7 Å². The van der Waals surface area contributed by atoms with Gasteiger partial charge in [-0.2, -0.15) is 10.2 Å². The van der Waals surface area contributed by atoms with E-state index in [1.165, 1.54) is 0 Å². The molecule has 2 aromatic carbocycles. The summed E-state index contributed by atoms with van der Waals surface area (Å²) in [6.45, 7) is 1.62. The molecule has 3 heterocycles. The lowest BCUT2D eigenvalue weighted by molar-refractivity contribution is 0.551. The third kappa shape index (κ3) is 4.43. The molecule has 5 aromatic rings.